The first kappa shape index (κ1) is 12.1. The molecule has 19 heavy (non-hydrogen) atoms. The monoisotopic (exact) mass is 273 g/mol. The van der Waals surface area contributed by atoms with Gasteiger partial charge in [0.1, 0.15) is 11.8 Å². The summed E-state index contributed by atoms with van der Waals surface area (Å²) < 4.78 is 0. The Bertz CT molecular complexity index is 661. The van der Waals surface area contributed by atoms with Gasteiger partial charge in [0.05, 0.1) is 6.33 Å². The number of hydrogen-bond acceptors (Lipinski definition) is 5. The van der Waals surface area contributed by atoms with Crippen molar-refractivity contribution in [1.29, 1.82) is 0 Å². The number of nitrogens with one attached hydrogen (secondary N) is 1. The lowest BCUT2D eigenvalue weighted by molar-refractivity contribution is 0.677. The van der Waals surface area contributed by atoms with E-state index >= 15 is 0 Å². The standard InChI is InChI=1S/C13H15N5S/c1-9(5-10-3-4-19-6-10)18(2)13-11-12(15-7-14-11)16-8-17-13/h3-4,6-9H,5H2,1-2H3,(H,14,15,16,17)/t9-/m1/s1. The van der Waals surface area contributed by atoms with Gasteiger partial charge in [-0.15, -0.1) is 0 Å². The fourth-order valence-electron chi connectivity index (χ4n) is 2.12. The van der Waals surface area contributed by atoms with Gasteiger partial charge in [0.15, 0.2) is 11.5 Å². The third-order valence-electron chi connectivity index (χ3n) is 3.31. The Labute approximate surface area is 115 Å². The maximum absolute atomic E-state index is 4.38. The summed E-state index contributed by atoms with van der Waals surface area (Å²) in [5.41, 5.74) is 2.96. The van der Waals surface area contributed by atoms with Gasteiger partial charge in [0.25, 0.3) is 0 Å². The highest BCUT2D eigenvalue weighted by Gasteiger charge is 2.16. The number of anilines is 1. The van der Waals surface area contributed by atoms with Crippen molar-refractivity contribution >= 4 is 28.3 Å². The van der Waals surface area contributed by atoms with Crippen LogP contribution in [0.1, 0.15) is 12.5 Å². The molecular weight excluding hydrogens is 258 g/mol. The molecule has 0 aliphatic heterocycles. The molecule has 5 nitrogen and oxygen atoms in total. The summed E-state index contributed by atoms with van der Waals surface area (Å²) in [6.07, 6.45) is 4.21. The van der Waals surface area contributed by atoms with Gasteiger partial charge in [-0.05, 0) is 35.7 Å². The minimum absolute atomic E-state index is 0.357. The number of imidazole rings is 1. The van der Waals surface area contributed by atoms with Crippen LogP contribution in [0.4, 0.5) is 5.82 Å². The molecule has 3 aromatic rings. The van der Waals surface area contributed by atoms with Crippen molar-refractivity contribution in [3.63, 3.8) is 0 Å². The van der Waals surface area contributed by atoms with Gasteiger partial charge in [0, 0.05) is 13.1 Å². The number of hydrogen-bond donors (Lipinski definition) is 1. The van der Waals surface area contributed by atoms with Crippen molar-refractivity contribution in [3.05, 3.63) is 35.0 Å². The number of fused-ring (bicyclic) bond motifs is 1. The van der Waals surface area contributed by atoms with Crippen molar-refractivity contribution in [2.24, 2.45) is 0 Å². The first-order valence-electron chi connectivity index (χ1n) is 6.13. The van der Waals surface area contributed by atoms with Crippen LogP contribution in [0, 0.1) is 0 Å². The van der Waals surface area contributed by atoms with E-state index in [1.165, 1.54) is 5.56 Å². The van der Waals surface area contributed by atoms with Gasteiger partial charge < -0.3 is 9.88 Å². The van der Waals surface area contributed by atoms with Gasteiger partial charge in [-0.1, -0.05) is 0 Å². The Morgan fingerprint density at radius 1 is 1.37 bits per heavy atom. The lowest BCUT2D eigenvalue weighted by Crippen LogP contribution is -2.31. The summed E-state index contributed by atoms with van der Waals surface area (Å²) in [6, 6.07) is 2.52. The van der Waals surface area contributed by atoms with Crippen molar-refractivity contribution < 1.29 is 0 Å². The zero-order chi connectivity index (χ0) is 13.2. The van der Waals surface area contributed by atoms with E-state index in [9.17, 15) is 0 Å². The fourth-order valence-corrected chi connectivity index (χ4v) is 2.80. The second-order valence-electron chi connectivity index (χ2n) is 4.59. The zero-order valence-corrected chi connectivity index (χ0v) is 11.7. The van der Waals surface area contributed by atoms with Gasteiger partial charge in [-0.2, -0.15) is 11.3 Å². The summed E-state index contributed by atoms with van der Waals surface area (Å²) in [7, 11) is 2.06. The third-order valence-corrected chi connectivity index (χ3v) is 4.04. The van der Waals surface area contributed by atoms with Crippen LogP contribution in [0.3, 0.4) is 0 Å². The average Bonchev–Trinajstić information content (AvgIpc) is 3.07. The van der Waals surface area contributed by atoms with E-state index < -0.39 is 0 Å². The van der Waals surface area contributed by atoms with Crippen molar-refractivity contribution in [3.8, 4) is 0 Å². The molecular formula is C13H15N5S. The number of aromatic nitrogens is 4. The Kier molecular flexibility index (Phi) is 3.16. The Hall–Kier alpha value is -1.95. The summed E-state index contributed by atoms with van der Waals surface area (Å²) in [4.78, 5) is 18.0. The van der Waals surface area contributed by atoms with Crippen LogP contribution < -0.4 is 4.90 Å². The molecule has 1 N–H and O–H groups in total. The number of nitrogens with zero attached hydrogens (tertiary/aromatic N) is 4. The van der Waals surface area contributed by atoms with Gasteiger partial charge in [-0.25, -0.2) is 15.0 Å². The number of likely N-dealkylation sites (N-methyl/N-ethyl adjacent to an activating group) is 1. The van der Waals surface area contributed by atoms with E-state index in [4.69, 9.17) is 0 Å². The molecule has 3 heterocycles. The van der Waals surface area contributed by atoms with E-state index in [0.717, 1.165) is 17.8 Å². The predicted octanol–water partition coefficient (Wildman–Crippen LogP) is 2.48. The van der Waals surface area contributed by atoms with Crippen LogP contribution in [0.5, 0.6) is 0 Å². The molecule has 3 rings (SSSR count). The highest BCUT2D eigenvalue weighted by molar-refractivity contribution is 7.07. The quantitative estimate of drug-likeness (QED) is 0.793. The van der Waals surface area contributed by atoms with E-state index in [2.05, 4.69) is 55.6 Å². The second-order valence-corrected chi connectivity index (χ2v) is 5.37. The molecule has 0 aliphatic rings. The maximum atomic E-state index is 4.38. The number of H-pyrrole nitrogens is 1. The Balaban J connectivity index is 1.86. The molecule has 0 fully saturated rings. The fraction of sp³-hybridized carbons (Fsp3) is 0.308. The first-order chi connectivity index (χ1) is 9.25. The normalized spacial score (nSPS) is 12.7. The van der Waals surface area contributed by atoms with Crippen molar-refractivity contribution in [2.75, 3.05) is 11.9 Å². The molecule has 6 heteroatoms. The summed E-state index contributed by atoms with van der Waals surface area (Å²) >= 11 is 1.73. The average molecular weight is 273 g/mol. The van der Waals surface area contributed by atoms with Crippen LogP contribution in [0.25, 0.3) is 11.2 Å². The molecule has 3 aromatic heterocycles. The van der Waals surface area contributed by atoms with Crippen LogP contribution in [-0.4, -0.2) is 33.0 Å². The molecule has 0 unspecified atom stereocenters. The van der Waals surface area contributed by atoms with Crippen molar-refractivity contribution in [2.45, 2.75) is 19.4 Å². The second kappa shape index (κ2) is 4.97. The van der Waals surface area contributed by atoms with Gasteiger partial charge in [0.2, 0.25) is 0 Å². The Morgan fingerprint density at radius 2 is 2.26 bits per heavy atom. The number of rotatable bonds is 4. The minimum Gasteiger partial charge on any atom is -0.355 e. The Morgan fingerprint density at radius 3 is 3.05 bits per heavy atom. The van der Waals surface area contributed by atoms with Crippen LogP contribution in [-0.2, 0) is 6.42 Å². The van der Waals surface area contributed by atoms with Gasteiger partial charge >= 0.3 is 0 Å². The molecule has 98 valence electrons. The molecule has 0 saturated heterocycles. The third kappa shape index (κ3) is 2.31. The summed E-state index contributed by atoms with van der Waals surface area (Å²) in [6.45, 7) is 2.20. The lowest BCUT2D eigenvalue weighted by atomic mass is 10.1. The van der Waals surface area contributed by atoms with Crippen molar-refractivity contribution in [1.82, 2.24) is 19.9 Å². The highest BCUT2D eigenvalue weighted by atomic mass is 32.1. The molecule has 0 saturated carbocycles. The van der Waals surface area contributed by atoms with Crippen LogP contribution >= 0.6 is 11.3 Å². The lowest BCUT2D eigenvalue weighted by Gasteiger charge is -2.25. The molecule has 0 aromatic carbocycles. The number of thiophene rings is 1. The summed E-state index contributed by atoms with van der Waals surface area (Å²) in [5.74, 6) is 0.894. The molecule has 1 atom stereocenters. The van der Waals surface area contributed by atoms with E-state index in [1.54, 1.807) is 24.0 Å². The van der Waals surface area contributed by atoms with E-state index in [-0.39, 0.29) is 0 Å². The summed E-state index contributed by atoms with van der Waals surface area (Å²) in [5, 5.41) is 4.30. The van der Waals surface area contributed by atoms with Gasteiger partial charge in [-0.3, -0.25) is 0 Å². The van der Waals surface area contributed by atoms with E-state index in [0.29, 0.717) is 11.7 Å². The molecule has 0 amide bonds. The smallest absolute Gasteiger partial charge is 0.182 e. The largest absolute Gasteiger partial charge is 0.355 e. The van der Waals surface area contributed by atoms with Crippen LogP contribution in [0.2, 0.25) is 0 Å². The van der Waals surface area contributed by atoms with E-state index in [1.807, 2.05) is 0 Å². The minimum atomic E-state index is 0.357. The molecule has 0 spiro atoms. The SMILES string of the molecule is C[C@H](Cc1ccsc1)N(C)c1ncnc2nc[nH]c12. The topological polar surface area (TPSA) is 57.7 Å². The maximum Gasteiger partial charge on any atom is 0.182 e. The molecule has 0 radical (unpaired) electrons. The number of aromatic amines is 1. The zero-order valence-electron chi connectivity index (χ0n) is 10.9. The molecule has 0 aliphatic carbocycles. The highest BCUT2D eigenvalue weighted by Crippen LogP contribution is 2.21. The molecule has 0 bridgehead atoms. The first-order valence-corrected chi connectivity index (χ1v) is 7.08. The predicted molar refractivity (Wildman–Crippen MR) is 77.6 cm³/mol. The van der Waals surface area contributed by atoms with Crippen LogP contribution in [0.15, 0.2) is 29.5 Å².